The summed E-state index contributed by atoms with van der Waals surface area (Å²) in [5, 5.41) is 0.115. The van der Waals surface area contributed by atoms with E-state index in [1.165, 1.54) is 25.9 Å². The zero-order chi connectivity index (χ0) is 15.5. The molecule has 0 radical (unpaired) electrons. The fourth-order valence-electron chi connectivity index (χ4n) is 3.42. The van der Waals surface area contributed by atoms with Crippen LogP contribution in [0.5, 0.6) is 5.75 Å². The van der Waals surface area contributed by atoms with E-state index in [-0.39, 0.29) is 16.5 Å². The van der Waals surface area contributed by atoms with Crippen LogP contribution >= 0.6 is 11.8 Å². The SMILES string of the molecule is COc1ccccc1[C@@H]1S[C@@H](C)C(=O)N1CC[NH+]1CCCC1. The van der Waals surface area contributed by atoms with Gasteiger partial charge < -0.3 is 14.5 Å². The number of nitrogens with one attached hydrogen (secondary N) is 1. The number of hydrogen-bond acceptors (Lipinski definition) is 3. The number of rotatable bonds is 5. The van der Waals surface area contributed by atoms with Crippen LogP contribution in [0.3, 0.4) is 0 Å². The molecule has 5 heteroatoms. The lowest BCUT2D eigenvalue weighted by Gasteiger charge is -2.26. The first-order valence-electron chi connectivity index (χ1n) is 8.13. The minimum atomic E-state index is 0.0310. The topological polar surface area (TPSA) is 34.0 Å². The normalized spacial score (nSPS) is 25.9. The maximum Gasteiger partial charge on any atom is 0.236 e. The van der Waals surface area contributed by atoms with E-state index in [4.69, 9.17) is 4.74 Å². The standard InChI is InChI=1S/C17H24N2O2S/c1-13-16(20)19(12-11-18-9-5-6-10-18)17(22-13)14-7-3-4-8-15(14)21-2/h3-4,7-8,13,17H,5-6,9-12H2,1-2H3/p+1/t13-,17-/m0/s1. The van der Waals surface area contributed by atoms with Gasteiger partial charge >= 0.3 is 0 Å². The first-order chi connectivity index (χ1) is 10.7. The van der Waals surface area contributed by atoms with E-state index in [1.54, 1.807) is 23.8 Å². The third-order valence-electron chi connectivity index (χ3n) is 4.67. The number of carbonyl (C=O) groups is 1. The lowest BCUT2D eigenvalue weighted by atomic mass is 10.1. The van der Waals surface area contributed by atoms with Gasteiger partial charge in [0.2, 0.25) is 5.91 Å². The van der Waals surface area contributed by atoms with Crippen molar-refractivity contribution in [2.24, 2.45) is 0 Å². The van der Waals surface area contributed by atoms with Gasteiger partial charge in [-0.3, -0.25) is 4.79 Å². The number of quaternary nitrogens is 1. The highest BCUT2D eigenvalue weighted by Crippen LogP contribution is 2.45. The zero-order valence-electron chi connectivity index (χ0n) is 13.4. The van der Waals surface area contributed by atoms with Gasteiger partial charge in [0, 0.05) is 18.4 Å². The van der Waals surface area contributed by atoms with E-state index >= 15 is 0 Å². The smallest absolute Gasteiger partial charge is 0.236 e. The Labute approximate surface area is 136 Å². The summed E-state index contributed by atoms with van der Waals surface area (Å²) in [6.45, 7) is 6.42. The molecule has 0 bridgehead atoms. The lowest BCUT2D eigenvalue weighted by Crippen LogP contribution is -3.10. The molecule has 2 saturated heterocycles. The number of ether oxygens (including phenoxy) is 1. The Hall–Kier alpha value is -1.20. The molecular weight excluding hydrogens is 296 g/mol. The molecular formula is C17H25N2O2S+. The van der Waals surface area contributed by atoms with Gasteiger partial charge in [0.25, 0.3) is 0 Å². The van der Waals surface area contributed by atoms with E-state index in [0.29, 0.717) is 0 Å². The van der Waals surface area contributed by atoms with Gasteiger partial charge in [-0.05, 0) is 13.0 Å². The Morgan fingerprint density at radius 1 is 1.32 bits per heavy atom. The number of methoxy groups -OCH3 is 1. The number of amides is 1. The maximum absolute atomic E-state index is 12.5. The quantitative estimate of drug-likeness (QED) is 0.888. The molecule has 120 valence electrons. The van der Waals surface area contributed by atoms with Crippen molar-refractivity contribution in [2.45, 2.75) is 30.4 Å². The number of thioether (sulfide) groups is 1. The number of hydrogen-bond donors (Lipinski definition) is 1. The van der Waals surface area contributed by atoms with Crippen molar-refractivity contribution in [2.75, 3.05) is 33.3 Å². The van der Waals surface area contributed by atoms with Crippen LogP contribution in [-0.2, 0) is 4.79 Å². The van der Waals surface area contributed by atoms with Crippen molar-refractivity contribution < 1.29 is 14.4 Å². The van der Waals surface area contributed by atoms with Crippen LogP contribution < -0.4 is 9.64 Å². The van der Waals surface area contributed by atoms with Gasteiger partial charge in [0.1, 0.15) is 11.1 Å². The van der Waals surface area contributed by atoms with Crippen LogP contribution in [0.1, 0.15) is 30.7 Å². The Morgan fingerprint density at radius 2 is 2.05 bits per heavy atom. The zero-order valence-corrected chi connectivity index (χ0v) is 14.2. The van der Waals surface area contributed by atoms with Gasteiger partial charge in [0.05, 0.1) is 38.5 Å². The van der Waals surface area contributed by atoms with E-state index in [2.05, 4.69) is 11.0 Å². The summed E-state index contributed by atoms with van der Waals surface area (Å²) in [5.41, 5.74) is 1.11. The van der Waals surface area contributed by atoms with Crippen molar-refractivity contribution in [3.8, 4) is 5.75 Å². The summed E-state index contributed by atoms with van der Waals surface area (Å²) in [4.78, 5) is 16.2. The predicted octanol–water partition coefficient (Wildman–Crippen LogP) is 1.34. The Kier molecular flexibility index (Phi) is 4.93. The lowest BCUT2D eigenvalue weighted by molar-refractivity contribution is -0.886. The van der Waals surface area contributed by atoms with Gasteiger partial charge in [0.15, 0.2) is 0 Å². The molecule has 0 unspecified atom stereocenters. The average molecular weight is 321 g/mol. The molecule has 1 aromatic rings. The third kappa shape index (κ3) is 3.10. The summed E-state index contributed by atoms with van der Waals surface area (Å²) < 4.78 is 5.50. The molecule has 4 nitrogen and oxygen atoms in total. The van der Waals surface area contributed by atoms with Crippen LogP contribution in [0.2, 0.25) is 0 Å². The monoisotopic (exact) mass is 321 g/mol. The van der Waals surface area contributed by atoms with Crippen molar-refractivity contribution >= 4 is 17.7 Å². The average Bonchev–Trinajstić information content (AvgIpc) is 3.15. The molecule has 0 saturated carbocycles. The summed E-state index contributed by atoms with van der Waals surface area (Å²) in [6.07, 6.45) is 2.65. The molecule has 0 aromatic heterocycles. The Morgan fingerprint density at radius 3 is 2.77 bits per heavy atom. The second kappa shape index (κ2) is 6.92. The van der Waals surface area contributed by atoms with E-state index in [9.17, 15) is 4.79 Å². The van der Waals surface area contributed by atoms with Crippen molar-refractivity contribution in [3.63, 3.8) is 0 Å². The van der Waals surface area contributed by atoms with Crippen LogP contribution in [0, 0.1) is 0 Å². The minimum Gasteiger partial charge on any atom is -0.496 e. The molecule has 0 spiro atoms. The molecule has 2 atom stereocenters. The highest BCUT2D eigenvalue weighted by atomic mass is 32.2. The van der Waals surface area contributed by atoms with Gasteiger partial charge in [-0.15, -0.1) is 11.8 Å². The fourth-order valence-corrected chi connectivity index (χ4v) is 4.75. The minimum absolute atomic E-state index is 0.0310. The molecule has 2 aliphatic heterocycles. The third-order valence-corrected chi connectivity index (χ3v) is 6.04. The maximum atomic E-state index is 12.5. The molecule has 1 aromatic carbocycles. The van der Waals surface area contributed by atoms with Crippen molar-refractivity contribution in [1.82, 2.24) is 4.90 Å². The molecule has 1 N–H and O–H groups in total. The largest absolute Gasteiger partial charge is 0.496 e. The second-order valence-electron chi connectivity index (χ2n) is 6.11. The van der Waals surface area contributed by atoms with Crippen LogP contribution in [0.15, 0.2) is 24.3 Å². The predicted molar refractivity (Wildman–Crippen MR) is 89.3 cm³/mol. The van der Waals surface area contributed by atoms with Gasteiger partial charge in [-0.1, -0.05) is 18.2 Å². The molecule has 22 heavy (non-hydrogen) atoms. The van der Waals surface area contributed by atoms with Crippen molar-refractivity contribution in [3.05, 3.63) is 29.8 Å². The first kappa shape index (κ1) is 15.7. The first-order valence-corrected chi connectivity index (χ1v) is 9.07. The van der Waals surface area contributed by atoms with E-state index < -0.39 is 0 Å². The number of benzene rings is 1. The van der Waals surface area contributed by atoms with Crippen LogP contribution in [0.4, 0.5) is 0 Å². The summed E-state index contributed by atoms with van der Waals surface area (Å²) >= 11 is 1.73. The van der Waals surface area contributed by atoms with E-state index in [1.807, 2.05) is 25.1 Å². The molecule has 0 aliphatic carbocycles. The number of likely N-dealkylation sites (tertiary alicyclic amines) is 1. The molecule has 2 fully saturated rings. The van der Waals surface area contributed by atoms with E-state index in [0.717, 1.165) is 24.4 Å². The molecule has 2 aliphatic rings. The van der Waals surface area contributed by atoms with Gasteiger partial charge in [-0.2, -0.15) is 0 Å². The number of para-hydroxylation sites is 1. The highest BCUT2D eigenvalue weighted by Gasteiger charge is 2.40. The molecule has 3 rings (SSSR count). The summed E-state index contributed by atoms with van der Waals surface area (Å²) in [5.74, 6) is 1.14. The summed E-state index contributed by atoms with van der Waals surface area (Å²) in [7, 11) is 1.70. The summed E-state index contributed by atoms with van der Waals surface area (Å²) in [6, 6.07) is 8.06. The van der Waals surface area contributed by atoms with Crippen LogP contribution in [0.25, 0.3) is 0 Å². The molecule has 1 amide bonds. The Balaban J connectivity index is 1.76. The number of carbonyl (C=O) groups excluding carboxylic acids is 1. The Bertz CT molecular complexity index is 531. The second-order valence-corrected chi connectivity index (χ2v) is 7.54. The molecule has 2 heterocycles. The number of nitrogens with zero attached hydrogens (tertiary/aromatic N) is 1. The van der Waals surface area contributed by atoms with Gasteiger partial charge in [-0.25, -0.2) is 0 Å². The van der Waals surface area contributed by atoms with Crippen molar-refractivity contribution in [1.29, 1.82) is 0 Å². The fraction of sp³-hybridized carbons (Fsp3) is 0.588. The highest BCUT2D eigenvalue weighted by molar-refractivity contribution is 8.01. The van der Waals surface area contributed by atoms with Crippen LogP contribution in [-0.4, -0.2) is 49.3 Å².